The minimum absolute atomic E-state index is 0.149. The number of carboxylic acid groups (broad SMARTS) is 1. The van der Waals surface area contributed by atoms with Gasteiger partial charge in [0.15, 0.2) is 0 Å². The van der Waals surface area contributed by atoms with Crippen LogP contribution in [0.2, 0.25) is 0 Å². The quantitative estimate of drug-likeness (QED) is 0.871. The third-order valence-electron chi connectivity index (χ3n) is 2.80. The van der Waals surface area contributed by atoms with Gasteiger partial charge in [0.1, 0.15) is 11.4 Å². The predicted octanol–water partition coefficient (Wildman–Crippen LogP) is 2.00. The topological polar surface area (TPSA) is 64.3 Å². The van der Waals surface area contributed by atoms with Crippen molar-refractivity contribution in [2.45, 2.75) is 19.4 Å². The fourth-order valence-electron chi connectivity index (χ4n) is 1.29. The Morgan fingerprint density at radius 2 is 2.12 bits per heavy atom. The molecule has 17 heavy (non-hydrogen) atoms. The van der Waals surface area contributed by atoms with Crippen molar-refractivity contribution in [3.8, 4) is 6.07 Å². The SMILES string of the molecule is CN(c1ccc(C#N)cc1F)C(C)(C)C(=O)O. The average Bonchev–Trinajstić information content (AvgIpc) is 2.27. The van der Waals surface area contributed by atoms with Gasteiger partial charge in [-0.15, -0.1) is 0 Å². The Labute approximate surface area is 98.9 Å². The van der Waals surface area contributed by atoms with Gasteiger partial charge in [0.2, 0.25) is 0 Å². The summed E-state index contributed by atoms with van der Waals surface area (Å²) < 4.78 is 13.7. The highest BCUT2D eigenvalue weighted by Crippen LogP contribution is 2.26. The zero-order chi connectivity index (χ0) is 13.2. The van der Waals surface area contributed by atoms with E-state index in [9.17, 15) is 9.18 Å². The zero-order valence-electron chi connectivity index (χ0n) is 9.86. The van der Waals surface area contributed by atoms with Crippen LogP contribution in [-0.4, -0.2) is 23.7 Å². The molecular formula is C12H13FN2O2. The summed E-state index contributed by atoms with van der Waals surface area (Å²) in [5, 5.41) is 17.7. The van der Waals surface area contributed by atoms with Gasteiger partial charge in [-0.05, 0) is 32.0 Å². The summed E-state index contributed by atoms with van der Waals surface area (Å²) in [6.07, 6.45) is 0. The van der Waals surface area contributed by atoms with Gasteiger partial charge in [-0.2, -0.15) is 5.26 Å². The molecule has 1 N–H and O–H groups in total. The Hall–Kier alpha value is -2.09. The van der Waals surface area contributed by atoms with Gasteiger partial charge in [-0.3, -0.25) is 0 Å². The largest absolute Gasteiger partial charge is 0.480 e. The van der Waals surface area contributed by atoms with Crippen molar-refractivity contribution in [3.05, 3.63) is 29.6 Å². The van der Waals surface area contributed by atoms with E-state index in [0.29, 0.717) is 0 Å². The highest BCUT2D eigenvalue weighted by atomic mass is 19.1. The lowest BCUT2D eigenvalue weighted by atomic mass is 10.0. The highest BCUT2D eigenvalue weighted by Gasteiger charge is 2.33. The lowest BCUT2D eigenvalue weighted by Gasteiger charge is -2.33. The van der Waals surface area contributed by atoms with Crippen molar-refractivity contribution in [1.29, 1.82) is 5.26 Å². The van der Waals surface area contributed by atoms with Gasteiger partial charge in [0.05, 0.1) is 17.3 Å². The Morgan fingerprint density at radius 3 is 2.53 bits per heavy atom. The lowest BCUT2D eigenvalue weighted by Crippen LogP contribution is -2.48. The molecule has 0 spiro atoms. The van der Waals surface area contributed by atoms with Gasteiger partial charge in [-0.25, -0.2) is 9.18 Å². The molecule has 0 heterocycles. The molecule has 90 valence electrons. The van der Waals surface area contributed by atoms with Crippen LogP contribution in [0.1, 0.15) is 19.4 Å². The molecule has 0 saturated heterocycles. The Bertz CT molecular complexity index is 492. The van der Waals surface area contributed by atoms with Crippen molar-refractivity contribution < 1.29 is 14.3 Å². The van der Waals surface area contributed by atoms with Crippen LogP contribution in [-0.2, 0) is 4.79 Å². The molecule has 5 heteroatoms. The maximum Gasteiger partial charge on any atom is 0.328 e. The second-order valence-electron chi connectivity index (χ2n) is 4.20. The van der Waals surface area contributed by atoms with Crippen molar-refractivity contribution in [2.24, 2.45) is 0 Å². The summed E-state index contributed by atoms with van der Waals surface area (Å²) in [5.74, 6) is -1.66. The predicted molar refractivity (Wildman–Crippen MR) is 61.2 cm³/mol. The lowest BCUT2D eigenvalue weighted by molar-refractivity contribution is -0.142. The first kappa shape index (κ1) is 13.0. The van der Waals surface area contributed by atoms with Gasteiger partial charge in [0, 0.05) is 7.05 Å². The first-order chi connectivity index (χ1) is 7.80. The molecule has 4 nitrogen and oxygen atoms in total. The van der Waals surface area contributed by atoms with Crippen LogP contribution >= 0.6 is 0 Å². The molecule has 0 aliphatic heterocycles. The Kier molecular flexibility index (Phi) is 3.37. The normalized spacial score (nSPS) is 10.8. The van der Waals surface area contributed by atoms with Crippen LogP contribution in [0.15, 0.2) is 18.2 Å². The number of likely N-dealkylation sites (N-methyl/N-ethyl adjacent to an activating group) is 1. The summed E-state index contributed by atoms with van der Waals surface area (Å²) >= 11 is 0. The maximum absolute atomic E-state index is 13.7. The van der Waals surface area contributed by atoms with E-state index in [1.165, 1.54) is 37.9 Å². The van der Waals surface area contributed by atoms with Gasteiger partial charge < -0.3 is 10.0 Å². The second kappa shape index (κ2) is 4.42. The van der Waals surface area contributed by atoms with Crippen LogP contribution < -0.4 is 4.90 Å². The molecule has 0 radical (unpaired) electrons. The third kappa shape index (κ3) is 2.36. The monoisotopic (exact) mass is 236 g/mol. The molecule has 0 aromatic heterocycles. The molecule has 1 rings (SSSR count). The Morgan fingerprint density at radius 1 is 1.53 bits per heavy atom. The number of anilines is 1. The number of benzene rings is 1. The van der Waals surface area contributed by atoms with Crippen LogP contribution in [0.4, 0.5) is 10.1 Å². The van der Waals surface area contributed by atoms with Gasteiger partial charge in [0.25, 0.3) is 0 Å². The van der Waals surface area contributed by atoms with Crippen molar-refractivity contribution in [3.63, 3.8) is 0 Å². The van der Waals surface area contributed by atoms with Crippen LogP contribution in [0.3, 0.4) is 0 Å². The number of hydrogen-bond donors (Lipinski definition) is 1. The second-order valence-corrected chi connectivity index (χ2v) is 4.20. The number of nitriles is 1. The number of hydrogen-bond acceptors (Lipinski definition) is 3. The highest BCUT2D eigenvalue weighted by molar-refractivity contribution is 5.82. The summed E-state index contributed by atoms with van der Waals surface area (Å²) in [6, 6.07) is 5.76. The van der Waals surface area contributed by atoms with E-state index in [1.54, 1.807) is 0 Å². The van der Waals surface area contributed by atoms with E-state index in [4.69, 9.17) is 10.4 Å². The van der Waals surface area contributed by atoms with Crippen molar-refractivity contribution >= 4 is 11.7 Å². The fraction of sp³-hybridized carbons (Fsp3) is 0.333. The first-order valence-corrected chi connectivity index (χ1v) is 4.97. The van der Waals surface area contributed by atoms with E-state index >= 15 is 0 Å². The standard InChI is InChI=1S/C12H13FN2O2/c1-12(2,11(16)17)15(3)10-5-4-8(7-14)6-9(10)13/h4-6H,1-3H3,(H,16,17). The molecule has 0 aliphatic rings. The molecule has 0 aliphatic carbocycles. The van der Waals surface area contributed by atoms with Crippen molar-refractivity contribution in [2.75, 3.05) is 11.9 Å². The van der Waals surface area contributed by atoms with Crippen LogP contribution in [0, 0.1) is 17.1 Å². The van der Waals surface area contributed by atoms with Crippen LogP contribution in [0.25, 0.3) is 0 Å². The van der Waals surface area contributed by atoms with E-state index < -0.39 is 17.3 Å². The third-order valence-corrected chi connectivity index (χ3v) is 2.80. The number of halogens is 1. The molecular weight excluding hydrogens is 223 g/mol. The minimum atomic E-state index is -1.23. The van der Waals surface area contributed by atoms with E-state index in [0.717, 1.165) is 6.07 Å². The number of nitrogens with zero attached hydrogens (tertiary/aromatic N) is 2. The van der Waals surface area contributed by atoms with Gasteiger partial charge in [-0.1, -0.05) is 0 Å². The van der Waals surface area contributed by atoms with E-state index in [1.807, 2.05) is 6.07 Å². The molecule has 0 bridgehead atoms. The van der Waals surface area contributed by atoms with Crippen molar-refractivity contribution in [1.82, 2.24) is 0 Å². The first-order valence-electron chi connectivity index (χ1n) is 4.97. The fourth-order valence-corrected chi connectivity index (χ4v) is 1.29. The molecule has 0 atom stereocenters. The minimum Gasteiger partial charge on any atom is -0.480 e. The number of carboxylic acids is 1. The molecule has 1 aromatic rings. The number of rotatable bonds is 3. The van der Waals surface area contributed by atoms with Crippen LogP contribution in [0.5, 0.6) is 0 Å². The Balaban J connectivity index is 3.18. The molecule has 0 fully saturated rings. The molecule has 1 aromatic carbocycles. The number of aliphatic carboxylic acids is 1. The molecule has 0 amide bonds. The summed E-state index contributed by atoms with van der Waals surface area (Å²) in [4.78, 5) is 12.4. The van der Waals surface area contributed by atoms with E-state index in [-0.39, 0.29) is 11.3 Å². The summed E-state index contributed by atoms with van der Waals surface area (Å²) in [7, 11) is 1.50. The van der Waals surface area contributed by atoms with Gasteiger partial charge >= 0.3 is 5.97 Å². The smallest absolute Gasteiger partial charge is 0.328 e. The summed E-state index contributed by atoms with van der Waals surface area (Å²) in [5.41, 5.74) is -0.876. The zero-order valence-corrected chi connectivity index (χ0v) is 9.86. The summed E-state index contributed by atoms with van der Waals surface area (Å²) in [6.45, 7) is 2.96. The number of carbonyl (C=O) groups is 1. The van der Waals surface area contributed by atoms with E-state index in [2.05, 4.69) is 0 Å². The maximum atomic E-state index is 13.7. The molecule has 0 unspecified atom stereocenters. The molecule has 0 saturated carbocycles. The average molecular weight is 236 g/mol.